The Morgan fingerprint density at radius 1 is 1.11 bits per heavy atom. The Labute approximate surface area is 209 Å². The fraction of sp³-hybridized carbons (Fsp3) is 0.286. The highest BCUT2D eigenvalue weighted by Crippen LogP contribution is 2.42. The van der Waals surface area contributed by atoms with Gasteiger partial charge in [0.2, 0.25) is 0 Å². The predicted octanol–water partition coefficient (Wildman–Crippen LogP) is 3.08. The van der Waals surface area contributed by atoms with Crippen molar-refractivity contribution in [2.45, 2.75) is 25.0 Å². The summed E-state index contributed by atoms with van der Waals surface area (Å²) in [6.45, 7) is 3.72. The molecule has 3 aromatic heterocycles. The van der Waals surface area contributed by atoms with Crippen molar-refractivity contribution in [1.29, 1.82) is 0 Å². The molecule has 2 aliphatic heterocycles. The third-order valence-corrected chi connectivity index (χ3v) is 7.32. The number of morpholine rings is 1. The van der Waals surface area contributed by atoms with Crippen molar-refractivity contribution in [1.82, 2.24) is 24.2 Å². The molecule has 1 spiro atoms. The zero-order valence-electron chi connectivity index (χ0n) is 20.1. The molecule has 4 aromatic rings. The summed E-state index contributed by atoms with van der Waals surface area (Å²) in [6, 6.07) is 19.5. The van der Waals surface area contributed by atoms with Crippen LogP contribution in [0.4, 0.5) is 0 Å². The van der Waals surface area contributed by atoms with Gasteiger partial charge in [-0.1, -0.05) is 42.5 Å². The second-order valence-corrected chi connectivity index (χ2v) is 9.45. The van der Waals surface area contributed by atoms with E-state index >= 15 is 0 Å². The predicted molar refractivity (Wildman–Crippen MR) is 133 cm³/mol. The molecule has 36 heavy (non-hydrogen) atoms. The molecule has 5 heterocycles. The molecule has 8 nitrogen and oxygen atoms in total. The van der Waals surface area contributed by atoms with E-state index in [1.165, 1.54) is 0 Å². The van der Waals surface area contributed by atoms with E-state index in [9.17, 15) is 9.59 Å². The number of nitrogens with zero attached hydrogens (tertiary/aromatic N) is 5. The van der Waals surface area contributed by atoms with Crippen molar-refractivity contribution in [2.24, 2.45) is 0 Å². The first-order valence-electron chi connectivity index (χ1n) is 12.2. The number of likely N-dealkylation sites (tertiary alicyclic amines) is 1. The highest BCUT2D eigenvalue weighted by atomic mass is 16.5. The van der Waals surface area contributed by atoms with Crippen molar-refractivity contribution in [3.05, 3.63) is 102 Å². The van der Waals surface area contributed by atoms with Gasteiger partial charge in [0.05, 0.1) is 18.8 Å². The number of aryl methyl sites for hydroxylation is 1. The molecule has 0 saturated carbocycles. The molecule has 2 unspecified atom stereocenters. The van der Waals surface area contributed by atoms with Crippen LogP contribution in [0.2, 0.25) is 0 Å². The lowest BCUT2D eigenvalue weighted by molar-refractivity contribution is -0.160. The monoisotopic (exact) mass is 481 g/mol. The van der Waals surface area contributed by atoms with Crippen LogP contribution in [0.15, 0.2) is 79.3 Å². The number of hydrogen-bond acceptors (Lipinski definition) is 5. The molecular formula is C28H27N5O3. The SMILES string of the molecule is Cc1c(C(=O)N2CCOC3(C2)C(=O)N(Cc2cccnc2)CC3c2ccccc2)nc2ccccn12. The lowest BCUT2D eigenvalue weighted by atomic mass is 9.83. The number of benzene rings is 1. The standard InChI is InChI=1S/C28H27N5O3/c1-20-25(30-24-11-5-6-13-33(20)24)26(34)31-14-15-36-28(19-31)23(22-9-3-2-4-10-22)18-32(27(28)35)17-21-8-7-12-29-16-21/h2-13,16,23H,14-15,17-19H2,1H3. The van der Waals surface area contributed by atoms with E-state index in [4.69, 9.17) is 4.74 Å². The quantitative estimate of drug-likeness (QED) is 0.448. The van der Waals surface area contributed by atoms with Gasteiger partial charge in [-0.15, -0.1) is 0 Å². The average Bonchev–Trinajstić information content (AvgIpc) is 3.39. The molecule has 0 radical (unpaired) electrons. The number of carbonyl (C=O) groups excluding carboxylic acids is 2. The molecule has 0 N–H and O–H groups in total. The Morgan fingerprint density at radius 2 is 1.94 bits per heavy atom. The molecule has 1 aromatic carbocycles. The van der Waals surface area contributed by atoms with E-state index in [0.717, 1.165) is 22.5 Å². The van der Waals surface area contributed by atoms with Gasteiger partial charge in [-0.05, 0) is 36.2 Å². The molecule has 8 heteroatoms. The Morgan fingerprint density at radius 3 is 2.72 bits per heavy atom. The topological polar surface area (TPSA) is 80.0 Å². The van der Waals surface area contributed by atoms with Crippen LogP contribution in [0, 0.1) is 6.92 Å². The van der Waals surface area contributed by atoms with E-state index in [1.54, 1.807) is 17.3 Å². The fourth-order valence-electron chi connectivity index (χ4n) is 5.51. The molecule has 2 atom stereocenters. The number of aromatic nitrogens is 3. The van der Waals surface area contributed by atoms with Crippen molar-refractivity contribution in [2.75, 3.05) is 26.2 Å². The van der Waals surface area contributed by atoms with Gasteiger partial charge in [-0.25, -0.2) is 4.98 Å². The van der Waals surface area contributed by atoms with Crippen LogP contribution < -0.4 is 0 Å². The van der Waals surface area contributed by atoms with Gasteiger partial charge < -0.3 is 18.9 Å². The van der Waals surface area contributed by atoms with Gasteiger partial charge in [0.25, 0.3) is 11.8 Å². The third kappa shape index (κ3) is 3.65. The molecular weight excluding hydrogens is 454 g/mol. The molecule has 6 rings (SSSR count). The Kier molecular flexibility index (Phi) is 5.53. The van der Waals surface area contributed by atoms with Gasteiger partial charge in [0.15, 0.2) is 5.60 Å². The van der Waals surface area contributed by atoms with Crippen molar-refractivity contribution >= 4 is 17.5 Å². The summed E-state index contributed by atoms with van der Waals surface area (Å²) in [7, 11) is 0. The highest BCUT2D eigenvalue weighted by Gasteiger charge is 2.58. The minimum absolute atomic E-state index is 0.0931. The summed E-state index contributed by atoms with van der Waals surface area (Å²) in [6.07, 6.45) is 5.40. The second kappa shape index (κ2) is 8.87. The Balaban J connectivity index is 1.35. The van der Waals surface area contributed by atoms with Crippen LogP contribution in [0.3, 0.4) is 0 Å². The van der Waals surface area contributed by atoms with Crippen molar-refractivity contribution in [3.8, 4) is 0 Å². The van der Waals surface area contributed by atoms with Crippen LogP contribution in [0.1, 0.15) is 33.2 Å². The highest BCUT2D eigenvalue weighted by molar-refractivity contribution is 5.96. The first-order valence-corrected chi connectivity index (χ1v) is 12.2. The largest absolute Gasteiger partial charge is 0.361 e. The lowest BCUT2D eigenvalue weighted by Crippen LogP contribution is -2.59. The minimum atomic E-state index is -1.15. The number of carbonyl (C=O) groups is 2. The number of amides is 2. The summed E-state index contributed by atoms with van der Waals surface area (Å²) in [5.74, 6) is -0.478. The van der Waals surface area contributed by atoms with Gasteiger partial charge in [-0.3, -0.25) is 14.6 Å². The molecule has 0 bridgehead atoms. The minimum Gasteiger partial charge on any atom is -0.361 e. The van der Waals surface area contributed by atoms with Gasteiger partial charge in [0.1, 0.15) is 11.3 Å². The zero-order chi connectivity index (χ0) is 24.7. The van der Waals surface area contributed by atoms with Crippen molar-refractivity contribution in [3.63, 3.8) is 0 Å². The maximum Gasteiger partial charge on any atom is 0.274 e. The van der Waals surface area contributed by atoms with E-state index in [1.807, 2.05) is 83.1 Å². The van der Waals surface area contributed by atoms with Gasteiger partial charge >= 0.3 is 0 Å². The third-order valence-electron chi connectivity index (χ3n) is 7.32. The molecule has 2 amide bonds. The molecule has 182 valence electrons. The molecule has 2 fully saturated rings. The fourth-order valence-corrected chi connectivity index (χ4v) is 5.51. The number of imidazole rings is 1. The summed E-state index contributed by atoms with van der Waals surface area (Å²) >= 11 is 0. The Hall–Kier alpha value is -4.04. The summed E-state index contributed by atoms with van der Waals surface area (Å²) in [5, 5.41) is 0. The van der Waals surface area contributed by atoms with Crippen LogP contribution in [0.5, 0.6) is 0 Å². The van der Waals surface area contributed by atoms with Crippen LogP contribution >= 0.6 is 0 Å². The number of fused-ring (bicyclic) bond motifs is 1. The smallest absolute Gasteiger partial charge is 0.274 e. The summed E-state index contributed by atoms with van der Waals surface area (Å²) < 4.78 is 8.26. The number of ether oxygens (including phenoxy) is 1. The number of hydrogen-bond donors (Lipinski definition) is 0. The van der Waals surface area contributed by atoms with Crippen LogP contribution in [0.25, 0.3) is 5.65 Å². The number of pyridine rings is 2. The molecule has 2 aliphatic rings. The van der Waals surface area contributed by atoms with E-state index < -0.39 is 5.60 Å². The van der Waals surface area contributed by atoms with E-state index in [2.05, 4.69) is 9.97 Å². The van der Waals surface area contributed by atoms with Crippen molar-refractivity contribution < 1.29 is 14.3 Å². The van der Waals surface area contributed by atoms with Gasteiger partial charge in [0, 0.05) is 44.1 Å². The van der Waals surface area contributed by atoms with Crippen LogP contribution in [-0.2, 0) is 16.1 Å². The summed E-state index contributed by atoms with van der Waals surface area (Å²) in [5.41, 5.74) is 2.75. The van der Waals surface area contributed by atoms with E-state index in [0.29, 0.717) is 25.3 Å². The normalized spacial score (nSPS) is 22.0. The number of rotatable bonds is 4. The maximum atomic E-state index is 14.0. The lowest BCUT2D eigenvalue weighted by Gasteiger charge is -2.42. The maximum absolute atomic E-state index is 14.0. The van der Waals surface area contributed by atoms with E-state index in [-0.39, 0.29) is 30.9 Å². The first-order chi connectivity index (χ1) is 17.6. The second-order valence-electron chi connectivity index (χ2n) is 9.45. The Bertz CT molecular complexity index is 1420. The first kappa shape index (κ1) is 22.4. The molecule has 2 saturated heterocycles. The molecule has 0 aliphatic carbocycles. The summed E-state index contributed by atoms with van der Waals surface area (Å²) in [4.78, 5) is 40.1. The van der Waals surface area contributed by atoms with Gasteiger partial charge in [-0.2, -0.15) is 0 Å². The zero-order valence-corrected chi connectivity index (χ0v) is 20.1. The van der Waals surface area contributed by atoms with Crippen LogP contribution in [-0.4, -0.2) is 67.8 Å². The average molecular weight is 482 g/mol.